The molecule has 178 valence electrons. The van der Waals surface area contributed by atoms with Gasteiger partial charge in [-0.25, -0.2) is 0 Å². The van der Waals surface area contributed by atoms with Gasteiger partial charge in [-0.3, -0.25) is 14.5 Å². The van der Waals surface area contributed by atoms with Gasteiger partial charge in [-0.1, -0.05) is 36.4 Å². The number of H-pyrrole nitrogens is 1. The summed E-state index contributed by atoms with van der Waals surface area (Å²) >= 11 is 0. The first kappa shape index (κ1) is 22.6. The third-order valence-electron chi connectivity index (χ3n) is 7.21. The van der Waals surface area contributed by atoms with E-state index in [1.165, 1.54) is 0 Å². The first-order valence-electron chi connectivity index (χ1n) is 12.3. The van der Waals surface area contributed by atoms with Crippen molar-refractivity contribution in [3.63, 3.8) is 0 Å². The summed E-state index contributed by atoms with van der Waals surface area (Å²) in [5, 5.41) is 7.58. The third-order valence-corrected chi connectivity index (χ3v) is 7.21. The van der Waals surface area contributed by atoms with Crippen molar-refractivity contribution in [2.24, 2.45) is 0 Å². The molecule has 5 rings (SSSR count). The van der Waals surface area contributed by atoms with E-state index in [1.807, 2.05) is 59.6 Å². The minimum atomic E-state index is -0.710. The monoisotopic (exact) mass is 459 g/mol. The van der Waals surface area contributed by atoms with E-state index in [0.29, 0.717) is 30.7 Å². The predicted octanol–water partition coefficient (Wildman–Crippen LogP) is 2.92. The molecule has 0 bridgehead atoms. The lowest BCUT2D eigenvalue weighted by Crippen LogP contribution is -2.56. The highest BCUT2D eigenvalue weighted by atomic mass is 16.2. The lowest BCUT2D eigenvalue weighted by Gasteiger charge is -2.42. The molecule has 3 heterocycles. The normalized spacial score (nSPS) is 22.4. The Morgan fingerprint density at radius 1 is 1.03 bits per heavy atom. The SMILES string of the molecule is CC1CC(N2CCN(C(=O)[C@H](NC(=O)c3ccc4cc[nH]c4c3)c3ccccc3)CC2)CCN1. The molecule has 0 spiro atoms. The molecule has 2 saturated heterocycles. The number of rotatable bonds is 5. The Balaban J connectivity index is 1.29. The maximum atomic E-state index is 13.6. The van der Waals surface area contributed by atoms with Crippen LogP contribution in [0.3, 0.4) is 0 Å². The van der Waals surface area contributed by atoms with E-state index in [2.05, 4.69) is 27.4 Å². The summed E-state index contributed by atoms with van der Waals surface area (Å²) in [6, 6.07) is 17.5. The Kier molecular flexibility index (Phi) is 6.65. The molecule has 2 aromatic carbocycles. The molecule has 0 saturated carbocycles. The number of piperazine rings is 1. The van der Waals surface area contributed by atoms with Crippen molar-refractivity contribution in [1.82, 2.24) is 25.4 Å². The molecule has 3 atom stereocenters. The van der Waals surface area contributed by atoms with E-state index >= 15 is 0 Å². The fourth-order valence-corrected chi connectivity index (χ4v) is 5.26. The Morgan fingerprint density at radius 2 is 1.82 bits per heavy atom. The first-order valence-corrected chi connectivity index (χ1v) is 12.3. The van der Waals surface area contributed by atoms with Crippen LogP contribution in [-0.2, 0) is 4.79 Å². The summed E-state index contributed by atoms with van der Waals surface area (Å²) in [6.45, 7) is 6.42. The van der Waals surface area contributed by atoms with E-state index in [0.717, 1.165) is 48.9 Å². The summed E-state index contributed by atoms with van der Waals surface area (Å²) in [4.78, 5) is 34.4. The summed E-state index contributed by atoms with van der Waals surface area (Å²) in [5.41, 5.74) is 2.24. The second kappa shape index (κ2) is 9.99. The van der Waals surface area contributed by atoms with Gasteiger partial charge in [0.1, 0.15) is 6.04 Å². The highest BCUT2D eigenvalue weighted by molar-refractivity contribution is 6.00. The minimum absolute atomic E-state index is 0.0427. The van der Waals surface area contributed by atoms with Crippen molar-refractivity contribution in [2.75, 3.05) is 32.7 Å². The first-order chi connectivity index (χ1) is 16.6. The minimum Gasteiger partial charge on any atom is -0.361 e. The summed E-state index contributed by atoms with van der Waals surface area (Å²) in [7, 11) is 0. The van der Waals surface area contributed by atoms with Gasteiger partial charge >= 0.3 is 0 Å². The fraction of sp³-hybridized carbons (Fsp3) is 0.407. The molecule has 2 amide bonds. The summed E-state index contributed by atoms with van der Waals surface area (Å²) < 4.78 is 0. The lowest BCUT2D eigenvalue weighted by atomic mass is 9.98. The largest absolute Gasteiger partial charge is 0.361 e. The molecule has 7 nitrogen and oxygen atoms in total. The lowest BCUT2D eigenvalue weighted by molar-refractivity contribution is -0.135. The average molecular weight is 460 g/mol. The number of benzene rings is 2. The van der Waals surface area contributed by atoms with Gasteiger partial charge < -0.3 is 20.5 Å². The number of fused-ring (bicyclic) bond motifs is 1. The molecule has 1 aromatic heterocycles. The number of nitrogens with one attached hydrogen (secondary N) is 3. The zero-order chi connectivity index (χ0) is 23.5. The van der Waals surface area contributed by atoms with Crippen molar-refractivity contribution < 1.29 is 9.59 Å². The Morgan fingerprint density at radius 3 is 2.59 bits per heavy atom. The highest BCUT2D eigenvalue weighted by Crippen LogP contribution is 2.22. The van der Waals surface area contributed by atoms with Crippen LogP contribution in [0.1, 0.15) is 41.7 Å². The van der Waals surface area contributed by atoms with Crippen LogP contribution in [0.25, 0.3) is 10.9 Å². The highest BCUT2D eigenvalue weighted by Gasteiger charge is 2.32. The molecule has 2 fully saturated rings. The second-order valence-corrected chi connectivity index (χ2v) is 9.49. The van der Waals surface area contributed by atoms with E-state index in [1.54, 1.807) is 6.07 Å². The molecule has 2 aliphatic rings. The van der Waals surface area contributed by atoms with Crippen LogP contribution in [0.15, 0.2) is 60.8 Å². The number of carbonyl (C=O) groups excluding carboxylic acids is 2. The summed E-state index contributed by atoms with van der Waals surface area (Å²) in [5.74, 6) is -0.292. The second-order valence-electron chi connectivity index (χ2n) is 9.49. The number of amides is 2. The molecule has 34 heavy (non-hydrogen) atoms. The zero-order valence-corrected chi connectivity index (χ0v) is 19.7. The van der Waals surface area contributed by atoms with Gasteiger partial charge in [0.05, 0.1) is 0 Å². The Bertz CT molecular complexity index is 1140. The van der Waals surface area contributed by atoms with Crippen LogP contribution in [0, 0.1) is 0 Å². The van der Waals surface area contributed by atoms with Crippen molar-refractivity contribution in [2.45, 2.75) is 37.9 Å². The van der Waals surface area contributed by atoms with Gasteiger partial charge in [0, 0.05) is 55.5 Å². The van der Waals surface area contributed by atoms with Crippen LogP contribution < -0.4 is 10.6 Å². The molecule has 0 radical (unpaired) electrons. The quantitative estimate of drug-likeness (QED) is 0.548. The third kappa shape index (κ3) is 4.86. The zero-order valence-electron chi connectivity index (χ0n) is 19.7. The molecule has 2 aliphatic heterocycles. The number of hydrogen-bond acceptors (Lipinski definition) is 4. The smallest absolute Gasteiger partial charge is 0.252 e. The molecular formula is C27H33N5O2. The van der Waals surface area contributed by atoms with Crippen LogP contribution >= 0.6 is 0 Å². The standard InChI is InChI=1S/C27H33N5O2/c1-19-17-23(10-12-28-19)31-13-15-32(16-14-31)27(34)25(21-5-3-2-4-6-21)30-26(33)22-8-7-20-9-11-29-24(20)18-22/h2-9,11,18-19,23,25,28-29H,10,12-17H2,1H3,(H,30,33)/t19?,23?,25-/m1/s1. The maximum Gasteiger partial charge on any atom is 0.252 e. The Hall–Kier alpha value is -3.16. The van der Waals surface area contributed by atoms with E-state index < -0.39 is 6.04 Å². The number of aromatic nitrogens is 1. The molecule has 2 unspecified atom stereocenters. The molecule has 3 aromatic rings. The number of carbonyl (C=O) groups is 2. The number of aromatic amines is 1. The van der Waals surface area contributed by atoms with Crippen LogP contribution in [-0.4, -0.2) is 71.4 Å². The summed E-state index contributed by atoms with van der Waals surface area (Å²) in [6.07, 6.45) is 4.17. The van der Waals surface area contributed by atoms with E-state index in [9.17, 15) is 9.59 Å². The van der Waals surface area contributed by atoms with Gasteiger partial charge in [0.2, 0.25) is 5.91 Å². The fourth-order valence-electron chi connectivity index (χ4n) is 5.26. The van der Waals surface area contributed by atoms with Crippen molar-refractivity contribution >= 4 is 22.7 Å². The van der Waals surface area contributed by atoms with Crippen LogP contribution in [0.4, 0.5) is 0 Å². The molecular weight excluding hydrogens is 426 g/mol. The van der Waals surface area contributed by atoms with E-state index in [4.69, 9.17) is 0 Å². The average Bonchev–Trinajstić information content (AvgIpc) is 3.35. The van der Waals surface area contributed by atoms with Gasteiger partial charge in [-0.2, -0.15) is 0 Å². The van der Waals surface area contributed by atoms with Gasteiger partial charge in [0.25, 0.3) is 5.91 Å². The predicted molar refractivity (Wildman–Crippen MR) is 134 cm³/mol. The maximum absolute atomic E-state index is 13.6. The van der Waals surface area contributed by atoms with E-state index in [-0.39, 0.29) is 11.8 Å². The van der Waals surface area contributed by atoms with Crippen molar-refractivity contribution in [3.05, 3.63) is 71.9 Å². The van der Waals surface area contributed by atoms with Gasteiger partial charge in [-0.15, -0.1) is 0 Å². The van der Waals surface area contributed by atoms with Gasteiger partial charge in [0.15, 0.2) is 0 Å². The van der Waals surface area contributed by atoms with Crippen molar-refractivity contribution in [1.29, 1.82) is 0 Å². The molecule has 7 heteroatoms. The number of nitrogens with zero attached hydrogens (tertiary/aromatic N) is 2. The number of hydrogen-bond donors (Lipinski definition) is 3. The number of piperidine rings is 1. The topological polar surface area (TPSA) is 80.5 Å². The van der Waals surface area contributed by atoms with Crippen LogP contribution in [0.5, 0.6) is 0 Å². The molecule has 0 aliphatic carbocycles. The Labute approximate surface area is 200 Å². The van der Waals surface area contributed by atoms with Gasteiger partial charge in [-0.05, 0) is 55.5 Å². The van der Waals surface area contributed by atoms with Crippen molar-refractivity contribution in [3.8, 4) is 0 Å². The van der Waals surface area contributed by atoms with Crippen LogP contribution in [0.2, 0.25) is 0 Å². The molecule has 3 N–H and O–H groups in total.